The lowest BCUT2D eigenvalue weighted by Gasteiger charge is -2.63. The molecule has 0 aromatic carbocycles. The summed E-state index contributed by atoms with van der Waals surface area (Å²) in [5.41, 5.74) is -20.9. The van der Waals surface area contributed by atoms with Gasteiger partial charge in [0, 0.05) is 113 Å². The van der Waals surface area contributed by atoms with Crippen LogP contribution in [0.2, 0.25) is 0 Å². The number of amides is 1. The first-order chi connectivity index (χ1) is 47.7. The van der Waals surface area contributed by atoms with Crippen LogP contribution in [0.5, 0.6) is 0 Å². The lowest BCUT2D eigenvalue weighted by molar-refractivity contribution is -0.237. The second kappa shape index (κ2) is 26.9. The maximum Gasteiger partial charge on any atom is 0.349 e. The second-order valence-corrected chi connectivity index (χ2v) is 34.4. The Morgan fingerprint density at radius 2 is 0.767 bits per heavy atom. The molecule has 0 radical (unpaired) electrons. The number of rotatable bonds is 10. The fraction of sp³-hybridized carbons (Fsp3) is 0.711. The van der Waals surface area contributed by atoms with E-state index in [0.717, 1.165) is 18.2 Å². The molecule has 18 nitrogen and oxygen atoms in total. The van der Waals surface area contributed by atoms with E-state index < -0.39 is 219 Å². The Hall–Kier alpha value is -5.77. The maximum atomic E-state index is 17.4. The van der Waals surface area contributed by atoms with Crippen LogP contribution in [0.1, 0.15) is 160 Å². The summed E-state index contributed by atoms with van der Waals surface area (Å²) >= 11 is 0.822. The van der Waals surface area contributed by atoms with Crippen LogP contribution in [0, 0.1) is 85.8 Å². The predicted octanol–water partition coefficient (Wildman–Crippen LogP) is 11.9. The van der Waals surface area contributed by atoms with Crippen LogP contribution in [0.25, 0.3) is 0 Å². The van der Waals surface area contributed by atoms with Gasteiger partial charge in [-0.05, 0) is 161 Å². The molecule has 0 aromatic heterocycles. The number of ether oxygens (including phenoxy) is 3. The number of thioether (sulfide) groups is 2. The van der Waals surface area contributed by atoms with E-state index in [-0.39, 0.29) is 93.8 Å². The van der Waals surface area contributed by atoms with Gasteiger partial charge in [-0.25, -0.2) is 35.5 Å². The summed E-state index contributed by atoms with van der Waals surface area (Å²) < 4.78 is 129. The molecular formula is C76H96F7NO17S2. The molecule has 9 saturated carbocycles. The fourth-order valence-electron chi connectivity index (χ4n) is 22.8. The van der Waals surface area contributed by atoms with E-state index in [1.54, 1.807) is 62.3 Å². The van der Waals surface area contributed by atoms with Crippen molar-refractivity contribution in [2.75, 3.05) is 20.1 Å². The molecule has 9 fully saturated rings. The zero-order valence-corrected chi connectivity index (χ0v) is 62.2. The van der Waals surface area contributed by atoms with E-state index in [0.29, 0.717) is 23.5 Å². The van der Waals surface area contributed by atoms with Gasteiger partial charge >= 0.3 is 23.9 Å². The molecule has 0 saturated heterocycles. The highest BCUT2D eigenvalue weighted by Gasteiger charge is 2.82. The van der Waals surface area contributed by atoms with Crippen LogP contribution in [0.3, 0.4) is 0 Å². The minimum absolute atomic E-state index is 0.0133. The average Bonchev–Trinajstić information content (AvgIpc) is 1.62. The van der Waals surface area contributed by atoms with E-state index >= 15 is 26.3 Å². The number of aliphatic hydroxyl groups excluding tert-OH is 3. The molecule has 1 amide bonds. The van der Waals surface area contributed by atoms with E-state index in [1.165, 1.54) is 76.2 Å². The van der Waals surface area contributed by atoms with Gasteiger partial charge in [-0.1, -0.05) is 80.5 Å². The minimum Gasteiger partial charge on any atom is -0.478 e. The van der Waals surface area contributed by atoms with Crippen molar-refractivity contribution in [3.63, 3.8) is 0 Å². The number of fused-ring (bicyclic) bond motifs is 15. The van der Waals surface area contributed by atoms with Gasteiger partial charge in [0.05, 0.1) is 18.3 Å². The highest BCUT2D eigenvalue weighted by atomic mass is 32.2. The highest BCUT2D eigenvalue weighted by molar-refractivity contribution is 8.26. The van der Waals surface area contributed by atoms with Crippen molar-refractivity contribution in [2.24, 2.45) is 85.8 Å². The summed E-state index contributed by atoms with van der Waals surface area (Å²) in [5.74, 6) is -11.4. The van der Waals surface area contributed by atoms with Crippen molar-refractivity contribution < 1.29 is 113 Å². The molecule has 27 heteroatoms. The monoisotopic (exact) mass is 1490 g/mol. The number of hydrogen-bond donors (Lipinski definition) is 4. The van der Waals surface area contributed by atoms with Gasteiger partial charge in [-0.2, -0.15) is 0 Å². The molecule has 27 atom stereocenters. The number of carbonyl (C=O) groups is 10. The number of esters is 3. The first-order valence-corrected chi connectivity index (χ1v) is 37.5. The number of aliphatic hydroxyl groups is 3. The van der Waals surface area contributed by atoms with E-state index in [4.69, 9.17) is 14.2 Å². The Labute approximate surface area is 603 Å². The molecule has 4 N–H and O–H groups in total. The number of ketones is 3. The Balaban J connectivity index is 0.000000166. The molecule has 0 spiro atoms. The third-order valence-corrected chi connectivity index (χ3v) is 29.6. The van der Waals surface area contributed by atoms with Crippen molar-refractivity contribution in [1.29, 1.82) is 0 Å². The summed E-state index contributed by atoms with van der Waals surface area (Å²) in [6.07, 6.45) is 0.331. The summed E-state index contributed by atoms with van der Waals surface area (Å²) in [6.45, 7) is 19.3. The quantitative estimate of drug-likeness (QED) is 0.0898. The molecule has 12 rings (SSSR count). The summed E-state index contributed by atoms with van der Waals surface area (Å²) in [4.78, 5) is 127. The lowest BCUT2D eigenvalue weighted by atomic mass is 9.44. The van der Waals surface area contributed by atoms with E-state index in [1.807, 2.05) is 0 Å². The Kier molecular flexibility index (Phi) is 20.8. The third-order valence-electron chi connectivity index (χ3n) is 27.9. The molecular weight excluding hydrogens is 1400 g/mol. The zero-order chi connectivity index (χ0) is 76.8. The topological polar surface area (TPSA) is 283 Å². The molecule has 0 heterocycles. The van der Waals surface area contributed by atoms with Gasteiger partial charge in [0.1, 0.15) is 24.5 Å². The molecule has 0 bridgehead atoms. The molecule has 6 unspecified atom stereocenters. The number of nitrogens with zero attached hydrogens (tertiary/aromatic N) is 1. The van der Waals surface area contributed by atoms with Gasteiger partial charge < -0.3 is 39.5 Å². The number of halogens is 7. The van der Waals surface area contributed by atoms with Crippen LogP contribution in [-0.4, -0.2) is 173 Å². The molecule has 103 heavy (non-hydrogen) atoms. The number of carbonyl (C=O) groups excluding carboxylic acids is 9. The third kappa shape index (κ3) is 10.8. The summed E-state index contributed by atoms with van der Waals surface area (Å²) in [6, 6.07) is -1.02. The van der Waals surface area contributed by atoms with Crippen LogP contribution in [-0.2, 0) is 57.4 Å². The van der Waals surface area contributed by atoms with Gasteiger partial charge in [-0.3, -0.25) is 43.2 Å². The minimum atomic E-state index is -2.32. The molecule has 0 aliphatic heterocycles. The second-order valence-electron chi connectivity index (χ2n) is 32.6. The lowest BCUT2D eigenvalue weighted by Crippen LogP contribution is -2.71. The number of allylic oxidation sites excluding steroid dienone is 12. The predicted molar refractivity (Wildman–Crippen MR) is 365 cm³/mol. The smallest absolute Gasteiger partial charge is 0.349 e. The first-order valence-electron chi connectivity index (χ1n) is 35.7. The largest absolute Gasteiger partial charge is 0.478 e. The molecule has 0 aromatic rings. The van der Waals surface area contributed by atoms with Crippen LogP contribution in [0.4, 0.5) is 35.5 Å². The molecule has 12 aliphatic rings. The normalized spacial score (nSPS) is 46.9. The Bertz CT molecular complexity index is 3790. The van der Waals surface area contributed by atoms with Gasteiger partial charge in [-0.15, -0.1) is 0 Å². The number of hydrogen-bond acceptors (Lipinski definition) is 18. The van der Waals surface area contributed by atoms with Crippen molar-refractivity contribution >= 4 is 80.2 Å². The van der Waals surface area contributed by atoms with Crippen LogP contribution < -0.4 is 0 Å². The number of alkyl halides is 7. The molecule has 568 valence electrons. The van der Waals surface area contributed by atoms with E-state index in [2.05, 4.69) is 0 Å². The Morgan fingerprint density at radius 3 is 1.05 bits per heavy atom. The maximum absolute atomic E-state index is 17.4. The molecule has 12 aliphatic carbocycles. The van der Waals surface area contributed by atoms with Gasteiger partial charge in [0.2, 0.25) is 15.8 Å². The van der Waals surface area contributed by atoms with Gasteiger partial charge in [0.25, 0.3) is 5.24 Å². The van der Waals surface area contributed by atoms with Crippen molar-refractivity contribution in [1.82, 2.24) is 4.90 Å². The summed E-state index contributed by atoms with van der Waals surface area (Å²) in [7, 11) is 2.99. The number of aliphatic carboxylic acids is 1. The zero-order valence-electron chi connectivity index (χ0n) is 60.6. The standard InChI is InChI=1S/C27H35F2NO6S.C25H31F3O5S.C24H30F2O6/c1-7-21(33)36-27(22(34)37-23(35)30(5)6)14(2)10-16-17-12-19(28)18-11-15(31)8-9-24(18,3)26(17,29)20(32)13-25(16,27)4;1-5-20(31)33-25(21(32)34-12-26)13(2)8-15-16-10-18(27)17-9-14(29)6-7-22(17,3)24(16,28)19(30)11-23(15,25)4;1-5-19(29)32-24(20(30)31)12(2)8-14-15-10-17(25)16-9-13(27)6-7-21(16,3)23(15,26)18(28)11-22(14,24)4/h8-9,11,14,16-17,19-20,32H,7,10,12-13H2,1-6H3;6-7,9,13,15-16,18-19,30H,5,8,10-12H2,1-4H3;6-7,9,12,14-15,17-18,28H,5,8,10-11H2,1-4H3,(H,30,31)/t14-,16?,17?,19+,20+,24+,25+,26+,27+;13-,15?,16?,18+,19+,22+,23+,24+,25+;12-,14?,15?,17+,18+,21+,22+,23+,24+/m111/s1. The first kappa shape index (κ1) is 79.8. The average molecular weight is 1490 g/mol. The number of carboxylic acids is 1. The number of carboxylic acid groups (broad SMARTS) is 1. The van der Waals surface area contributed by atoms with Crippen molar-refractivity contribution in [3.8, 4) is 0 Å². The summed E-state index contributed by atoms with van der Waals surface area (Å²) in [5, 5.41) is 42.5. The Morgan fingerprint density at radius 1 is 0.485 bits per heavy atom. The van der Waals surface area contributed by atoms with Crippen molar-refractivity contribution in [2.45, 2.75) is 231 Å². The van der Waals surface area contributed by atoms with Crippen LogP contribution >= 0.6 is 23.5 Å². The SMILES string of the molecule is CCC(=O)O[C@]1(C(=O)O)[C@H](C)CC2C3C[C@H](F)C4=CC(=O)C=C[C@]4(C)[C@@]3(F)[C@@H](O)C[C@@]21C.CCC(=O)O[C@]1(C(=O)SC(=O)N(C)C)[C@H](C)CC2C3C[C@H](F)C4=CC(=O)C=C[C@]4(C)[C@@]3(F)[C@@H](O)C[C@@]21C.CCC(=O)O[C@]1(C(=O)SCF)[C@H](C)CC2C3C[C@H](F)C4=CC(=O)C=C[C@]4(C)[C@@]3(F)[C@@H](O)C[C@@]21C. The van der Waals surface area contributed by atoms with Crippen molar-refractivity contribution in [3.05, 3.63) is 71.4 Å². The van der Waals surface area contributed by atoms with Crippen LogP contribution in [0.15, 0.2) is 71.4 Å². The fourth-order valence-corrected chi connectivity index (χ4v) is 24.6. The van der Waals surface area contributed by atoms with Gasteiger partial charge in [0.15, 0.2) is 45.6 Å². The van der Waals surface area contributed by atoms with E-state index in [9.17, 15) is 72.8 Å². The highest BCUT2D eigenvalue weighted by Crippen LogP contribution is 2.76.